The number of anilines is 1. The quantitative estimate of drug-likeness (QED) is 0.235. The number of aliphatic imine (C=N–C) groups is 1. The molecule has 0 radical (unpaired) electrons. The highest BCUT2D eigenvalue weighted by Crippen LogP contribution is 2.32. The molecule has 0 aliphatic carbocycles. The molecule has 184 valence electrons. The van der Waals surface area contributed by atoms with Crippen LogP contribution in [0.1, 0.15) is 16.7 Å². The van der Waals surface area contributed by atoms with Crippen molar-refractivity contribution in [1.29, 1.82) is 0 Å². The van der Waals surface area contributed by atoms with Gasteiger partial charge in [-0.05, 0) is 48.0 Å². The molecule has 0 bridgehead atoms. The second-order valence-electron chi connectivity index (χ2n) is 7.58. The van der Waals surface area contributed by atoms with Crippen molar-refractivity contribution in [1.82, 2.24) is 9.55 Å². The van der Waals surface area contributed by atoms with Gasteiger partial charge in [-0.25, -0.2) is 9.36 Å². The predicted octanol–water partition coefficient (Wildman–Crippen LogP) is 5.07. The lowest BCUT2D eigenvalue weighted by molar-refractivity contribution is -0.138. The Hall–Kier alpha value is -4.12. The van der Waals surface area contributed by atoms with Crippen LogP contribution >= 0.6 is 15.9 Å². The molecule has 1 aromatic heterocycles. The van der Waals surface area contributed by atoms with Crippen molar-refractivity contribution >= 4 is 27.5 Å². The summed E-state index contributed by atoms with van der Waals surface area (Å²) < 4.78 is 42.0. The zero-order chi connectivity index (χ0) is 25.9. The first kappa shape index (κ1) is 25.0. The van der Waals surface area contributed by atoms with E-state index in [9.17, 15) is 27.9 Å². The molecule has 11 heteroatoms. The maximum Gasteiger partial charge on any atom is 0.416 e. The van der Waals surface area contributed by atoms with Crippen molar-refractivity contribution in [2.75, 3.05) is 5.32 Å². The standard InChI is InChI=1S/C25H18BrF3N4O3/c26-16-10-12-18(13-11-16)33-23(35)20(22(34)32-24(33)36)21(31-17-7-2-1-3-8-17)30-14-15-6-4-5-9-19(15)25(27,28)29/h1-13,35H,14H2,(H,30,31)(H,32,34,36). The van der Waals surface area contributed by atoms with Crippen molar-refractivity contribution in [2.24, 2.45) is 4.99 Å². The second-order valence-corrected chi connectivity index (χ2v) is 8.50. The van der Waals surface area contributed by atoms with Gasteiger partial charge in [0.15, 0.2) is 0 Å². The molecule has 0 aliphatic rings. The third-order valence-corrected chi connectivity index (χ3v) is 5.70. The molecule has 0 amide bonds. The summed E-state index contributed by atoms with van der Waals surface area (Å²) in [5.41, 5.74) is -2.56. The lowest BCUT2D eigenvalue weighted by Crippen LogP contribution is -2.35. The average Bonchev–Trinajstić information content (AvgIpc) is 2.83. The fraction of sp³-hybridized carbons (Fsp3) is 0.0800. The molecule has 0 aliphatic heterocycles. The minimum atomic E-state index is -4.60. The van der Waals surface area contributed by atoms with E-state index in [1.165, 1.54) is 30.3 Å². The fourth-order valence-corrected chi connectivity index (χ4v) is 3.77. The molecule has 0 spiro atoms. The average molecular weight is 559 g/mol. The van der Waals surface area contributed by atoms with Crippen LogP contribution in [-0.2, 0) is 12.7 Å². The molecule has 0 saturated heterocycles. The molecule has 0 fully saturated rings. The third kappa shape index (κ3) is 5.41. The Bertz CT molecular complexity index is 1530. The molecule has 0 unspecified atom stereocenters. The summed E-state index contributed by atoms with van der Waals surface area (Å²) in [4.78, 5) is 31.8. The van der Waals surface area contributed by atoms with Gasteiger partial charge in [0.1, 0.15) is 11.4 Å². The van der Waals surface area contributed by atoms with Gasteiger partial charge in [-0.2, -0.15) is 13.2 Å². The Morgan fingerprint density at radius 1 is 0.972 bits per heavy atom. The predicted molar refractivity (Wildman–Crippen MR) is 134 cm³/mol. The summed E-state index contributed by atoms with van der Waals surface area (Å²) in [7, 11) is 0. The molecule has 4 rings (SSSR count). The Labute approximate surface area is 210 Å². The van der Waals surface area contributed by atoms with Crippen LogP contribution in [0.25, 0.3) is 5.69 Å². The van der Waals surface area contributed by atoms with Crippen LogP contribution in [-0.4, -0.2) is 20.5 Å². The SMILES string of the molecule is O=c1[nH]c(=O)n(-c2ccc(Br)cc2)c(O)c1C(=NCc1ccccc1C(F)(F)F)Nc1ccccc1. The van der Waals surface area contributed by atoms with Crippen molar-refractivity contribution in [3.63, 3.8) is 0 Å². The van der Waals surface area contributed by atoms with E-state index in [1.54, 1.807) is 42.5 Å². The first-order valence-corrected chi connectivity index (χ1v) is 11.3. The number of para-hydroxylation sites is 1. The first-order valence-electron chi connectivity index (χ1n) is 10.5. The number of nitrogens with zero attached hydrogens (tertiary/aromatic N) is 2. The van der Waals surface area contributed by atoms with Gasteiger partial charge < -0.3 is 10.4 Å². The largest absolute Gasteiger partial charge is 0.493 e. The van der Waals surface area contributed by atoms with Gasteiger partial charge >= 0.3 is 11.9 Å². The van der Waals surface area contributed by atoms with Crippen LogP contribution in [0.5, 0.6) is 5.88 Å². The number of halogens is 4. The highest BCUT2D eigenvalue weighted by atomic mass is 79.9. The van der Waals surface area contributed by atoms with E-state index < -0.39 is 41.0 Å². The maximum atomic E-state index is 13.5. The van der Waals surface area contributed by atoms with Crippen LogP contribution in [0.4, 0.5) is 18.9 Å². The van der Waals surface area contributed by atoms with Crippen molar-refractivity contribution in [3.8, 4) is 11.6 Å². The topological polar surface area (TPSA) is 99.5 Å². The fourth-order valence-electron chi connectivity index (χ4n) is 3.51. The van der Waals surface area contributed by atoms with Crippen molar-refractivity contribution < 1.29 is 18.3 Å². The van der Waals surface area contributed by atoms with E-state index in [4.69, 9.17) is 0 Å². The highest BCUT2D eigenvalue weighted by molar-refractivity contribution is 9.10. The lowest BCUT2D eigenvalue weighted by Gasteiger charge is -2.16. The normalized spacial score (nSPS) is 11.9. The molecular formula is C25H18BrF3N4O3. The van der Waals surface area contributed by atoms with Gasteiger partial charge in [0.05, 0.1) is 17.8 Å². The smallest absolute Gasteiger partial charge is 0.416 e. The Morgan fingerprint density at radius 2 is 1.61 bits per heavy atom. The maximum absolute atomic E-state index is 13.5. The summed E-state index contributed by atoms with van der Waals surface area (Å²) in [6.45, 7) is -0.457. The van der Waals surface area contributed by atoms with Crippen LogP contribution < -0.4 is 16.6 Å². The van der Waals surface area contributed by atoms with Crippen molar-refractivity contribution in [2.45, 2.75) is 12.7 Å². The zero-order valence-corrected chi connectivity index (χ0v) is 20.0. The summed E-state index contributed by atoms with van der Waals surface area (Å²) in [6, 6.07) is 19.7. The van der Waals surface area contributed by atoms with Gasteiger partial charge in [-0.15, -0.1) is 0 Å². The van der Waals surface area contributed by atoms with Crippen LogP contribution in [0.3, 0.4) is 0 Å². The molecule has 1 heterocycles. The summed E-state index contributed by atoms with van der Waals surface area (Å²) in [5.74, 6) is -0.944. The summed E-state index contributed by atoms with van der Waals surface area (Å²) >= 11 is 3.29. The van der Waals surface area contributed by atoms with E-state index in [0.29, 0.717) is 5.69 Å². The molecule has 36 heavy (non-hydrogen) atoms. The third-order valence-electron chi connectivity index (χ3n) is 5.17. The Kier molecular flexibility index (Phi) is 7.11. The van der Waals surface area contributed by atoms with E-state index in [1.807, 2.05) is 0 Å². The molecule has 4 aromatic rings. The number of alkyl halides is 3. The Balaban J connectivity index is 1.88. The first-order chi connectivity index (χ1) is 17.1. The number of hydrogen-bond donors (Lipinski definition) is 3. The number of benzene rings is 3. The lowest BCUT2D eigenvalue weighted by atomic mass is 10.1. The van der Waals surface area contributed by atoms with Crippen LogP contribution in [0.15, 0.2) is 97.9 Å². The van der Waals surface area contributed by atoms with Gasteiger partial charge in [-0.1, -0.05) is 52.3 Å². The molecule has 3 N–H and O–H groups in total. The zero-order valence-electron chi connectivity index (χ0n) is 18.4. The van der Waals surface area contributed by atoms with E-state index in [-0.39, 0.29) is 17.1 Å². The molecule has 7 nitrogen and oxygen atoms in total. The molecular weight excluding hydrogens is 541 g/mol. The van der Waals surface area contributed by atoms with Gasteiger partial charge in [0.25, 0.3) is 5.56 Å². The molecule has 0 atom stereocenters. The number of nitrogens with one attached hydrogen (secondary N) is 2. The number of aromatic amines is 1. The number of amidine groups is 1. The van der Waals surface area contributed by atoms with Crippen LogP contribution in [0.2, 0.25) is 0 Å². The Morgan fingerprint density at radius 3 is 2.28 bits per heavy atom. The monoisotopic (exact) mass is 558 g/mol. The number of aromatic nitrogens is 2. The van der Waals surface area contributed by atoms with Gasteiger partial charge in [0.2, 0.25) is 5.88 Å². The number of hydrogen-bond acceptors (Lipinski definition) is 4. The minimum absolute atomic E-state index is 0.130. The summed E-state index contributed by atoms with van der Waals surface area (Å²) in [5, 5.41) is 13.9. The molecule has 3 aromatic carbocycles. The van der Waals surface area contributed by atoms with Crippen molar-refractivity contribution in [3.05, 3.63) is 121 Å². The molecule has 0 saturated carbocycles. The number of H-pyrrole nitrogens is 1. The highest BCUT2D eigenvalue weighted by Gasteiger charge is 2.33. The van der Waals surface area contributed by atoms with E-state index in [0.717, 1.165) is 15.1 Å². The van der Waals surface area contributed by atoms with Gasteiger partial charge in [-0.3, -0.25) is 14.8 Å². The van der Waals surface area contributed by atoms with Crippen LogP contribution in [0, 0.1) is 0 Å². The van der Waals surface area contributed by atoms with E-state index in [2.05, 4.69) is 31.2 Å². The minimum Gasteiger partial charge on any atom is -0.493 e. The summed E-state index contributed by atoms with van der Waals surface area (Å²) in [6.07, 6.45) is -4.60. The number of aromatic hydroxyl groups is 1. The van der Waals surface area contributed by atoms with E-state index >= 15 is 0 Å². The van der Waals surface area contributed by atoms with Gasteiger partial charge in [0, 0.05) is 10.2 Å². The second kappa shape index (κ2) is 10.2. The number of rotatable bonds is 5.